The van der Waals surface area contributed by atoms with E-state index in [0.717, 1.165) is 0 Å². The molecule has 8 nitrogen and oxygen atoms in total. The second-order valence-electron chi connectivity index (χ2n) is 5.57. The number of nitrogens with two attached hydrogens (primary N) is 1. The number of aromatic nitrogens is 2. The molecule has 0 saturated heterocycles. The Morgan fingerprint density at radius 2 is 1.96 bits per heavy atom. The fraction of sp³-hybridized carbons (Fsp3) is 0.176. The Bertz CT molecular complexity index is 1070. The maximum absolute atomic E-state index is 12.7. The van der Waals surface area contributed by atoms with Gasteiger partial charge in [0.1, 0.15) is 5.69 Å². The van der Waals surface area contributed by atoms with Gasteiger partial charge in [0, 0.05) is 11.9 Å². The largest absolute Gasteiger partial charge is 0.490 e. The van der Waals surface area contributed by atoms with Crippen molar-refractivity contribution in [3.05, 3.63) is 54.0 Å². The van der Waals surface area contributed by atoms with Crippen molar-refractivity contribution in [3.63, 3.8) is 0 Å². The number of nitrogens with one attached hydrogen (secondary N) is 1. The Balaban J connectivity index is 1.93. The van der Waals surface area contributed by atoms with E-state index in [1.54, 1.807) is 29.7 Å². The van der Waals surface area contributed by atoms with Crippen molar-refractivity contribution in [2.75, 3.05) is 11.9 Å². The lowest BCUT2D eigenvalue weighted by molar-refractivity contribution is 0.102. The summed E-state index contributed by atoms with van der Waals surface area (Å²) in [4.78, 5) is 17.1. The number of fused-ring (bicyclic) bond motifs is 1. The zero-order valence-electron chi connectivity index (χ0n) is 14.3. The molecule has 9 heteroatoms. The first-order chi connectivity index (χ1) is 12.3. The average molecular weight is 374 g/mol. The van der Waals surface area contributed by atoms with Gasteiger partial charge in [-0.1, -0.05) is 0 Å². The third-order valence-corrected chi connectivity index (χ3v) is 4.67. The molecule has 136 valence electrons. The van der Waals surface area contributed by atoms with Crippen molar-refractivity contribution < 1.29 is 17.9 Å². The van der Waals surface area contributed by atoms with Crippen LogP contribution in [0.1, 0.15) is 23.1 Å². The Labute approximate surface area is 150 Å². The summed E-state index contributed by atoms with van der Waals surface area (Å²) in [6.07, 6.45) is 1.73. The summed E-state index contributed by atoms with van der Waals surface area (Å²) in [5.41, 5.74) is 1.92. The molecule has 0 unspecified atom stereocenters. The molecule has 0 aliphatic carbocycles. The molecule has 0 saturated carbocycles. The van der Waals surface area contributed by atoms with Crippen molar-refractivity contribution in [2.24, 2.45) is 5.14 Å². The molecule has 26 heavy (non-hydrogen) atoms. The van der Waals surface area contributed by atoms with Crippen molar-refractivity contribution in [3.8, 4) is 5.75 Å². The summed E-state index contributed by atoms with van der Waals surface area (Å²) in [5, 5.41) is 7.80. The Hall–Kier alpha value is -2.91. The molecule has 0 aliphatic rings. The predicted octanol–water partition coefficient (Wildman–Crippen LogP) is 1.94. The monoisotopic (exact) mass is 374 g/mol. The minimum Gasteiger partial charge on any atom is -0.490 e. The molecule has 0 fully saturated rings. The number of anilines is 1. The molecular weight excluding hydrogens is 356 g/mol. The number of pyridine rings is 1. The number of hydrogen-bond acceptors (Lipinski definition) is 5. The lowest BCUT2D eigenvalue weighted by Crippen LogP contribution is -2.16. The third kappa shape index (κ3) is 3.39. The van der Waals surface area contributed by atoms with Gasteiger partial charge >= 0.3 is 0 Å². The van der Waals surface area contributed by atoms with Crippen LogP contribution in [0.15, 0.2) is 47.5 Å². The summed E-state index contributed by atoms with van der Waals surface area (Å²) in [7, 11) is -3.78. The summed E-state index contributed by atoms with van der Waals surface area (Å²) in [5.74, 6) is 0.224. The van der Waals surface area contributed by atoms with Crippen LogP contribution in [0, 0.1) is 6.92 Å². The van der Waals surface area contributed by atoms with Gasteiger partial charge in [-0.3, -0.25) is 9.20 Å². The molecule has 0 bridgehead atoms. The van der Waals surface area contributed by atoms with Crippen molar-refractivity contribution in [1.82, 2.24) is 9.38 Å². The lowest BCUT2D eigenvalue weighted by atomic mass is 10.3. The number of benzene rings is 1. The maximum Gasteiger partial charge on any atom is 0.274 e. The van der Waals surface area contributed by atoms with Gasteiger partial charge in [-0.2, -0.15) is 0 Å². The molecular formula is C17H18N4O4S. The highest BCUT2D eigenvalue weighted by Gasteiger charge is 2.19. The van der Waals surface area contributed by atoms with Crippen LogP contribution in [0.25, 0.3) is 5.65 Å². The quantitative estimate of drug-likeness (QED) is 0.708. The fourth-order valence-electron chi connectivity index (χ4n) is 2.62. The lowest BCUT2D eigenvalue weighted by Gasteiger charge is -2.08. The third-order valence-electron chi connectivity index (χ3n) is 3.74. The second-order valence-corrected chi connectivity index (χ2v) is 7.13. The molecule has 0 radical (unpaired) electrons. The number of imidazole rings is 1. The van der Waals surface area contributed by atoms with Gasteiger partial charge in [-0.25, -0.2) is 18.5 Å². The number of aryl methyl sites for hydroxylation is 1. The maximum atomic E-state index is 12.7. The minimum absolute atomic E-state index is 0.0251. The van der Waals surface area contributed by atoms with Gasteiger partial charge in [0.05, 0.1) is 17.2 Å². The SMILES string of the molecule is CCOc1cccn2c(C(=O)Nc3ccc(S(N)(=O)=O)cc3)c(C)nc12. The number of rotatable bonds is 5. The van der Waals surface area contributed by atoms with E-state index in [1.165, 1.54) is 24.3 Å². The Kier molecular flexibility index (Phi) is 4.66. The Morgan fingerprint density at radius 3 is 2.58 bits per heavy atom. The highest BCUT2D eigenvalue weighted by molar-refractivity contribution is 7.89. The number of sulfonamides is 1. The minimum atomic E-state index is -3.78. The van der Waals surface area contributed by atoms with E-state index in [4.69, 9.17) is 9.88 Å². The van der Waals surface area contributed by atoms with Crippen molar-refractivity contribution in [2.45, 2.75) is 18.7 Å². The van der Waals surface area contributed by atoms with Gasteiger partial charge in [0.25, 0.3) is 5.91 Å². The van der Waals surface area contributed by atoms with Crippen molar-refractivity contribution >= 4 is 27.3 Å². The highest BCUT2D eigenvalue weighted by Crippen LogP contribution is 2.23. The molecule has 2 aromatic heterocycles. The molecule has 1 aromatic carbocycles. The number of nitrogens with zero attached hydrogens (tertiary/aromatic N) is 2. The first kappa shape index (κ1) is 17.9. The number of primary sulfonamides is 1. The summed E-state index contributed by atoms with van der Waals surface area (Å²) >= 11 is 0. The van der Waals surface area contributed by atoms with Crippen LogP contribution in [0.2, 0.25) is 0 Å². The van der Waals surface area contributed by atoms with Gasteiger partial charge in [0.15, 0.2) is 11.4 Å². The average Bonchev–Trinajstić information content (AvgIpc) is 2.92. The van der Waals surface area contributed by atoms with Gasteiger partial charge in [0.2, 0.25) is 10.0 Å². The van der Waals surface area contributed by atoms with Crippen LogP contribution in [-0.2, 0) is 10.0 Å². The smallest absolute Gasteiger partial charge is 0.274 e. The number of carbonyl (C=O) groups is 1. The standard InChI is InChI=1S/C17H18N4O4S/c1-3-25-14-5-4-10-21-15(11(2)19-16(14)21)17(22)20-12-6-8-13(9-7-12)26(18,23)24/h4-10H,3H2,1-2H3,(H,20,22)(H2,18,23,24). The summed E-state index contributed by atoms with van der Waals surface area (Å²) in [6.45, 7) is 4.10. The van der Waals surface area contributed by atoms with E-state index in [2.05, 4.69) is 10.3 Å². The van der Waals surface area contributed by atoms with E-state index in [0.29, 0.717) is 35.1 Å². The molecule has 0 aliphatic heterocycles. The number of amides is 1. The number of carbonyl (C=O) groups excluding carboxylic acids is 1. The first-order valence-electron chi connectivity index (χ1n) is 7.86. The van der Waals surface area contributed by atoms with Crippen LogP contribution in [-0.4, -0.2) is 30.3 Å². The van der Waals surface area contributed by atoms with Gasteiger partial charge < -0.3 is 10.1 Å². The number of hydrogen-bond donors (Lipinski definition) is 2. The molecule has 3 N–H and O–H groups in total. The molecule has 2 heterocycles. The van der Waals surface area contributed by atoms with Crippen LogP contribution in [0.3, 0.4) is 0 Å². The highest BCUT2D eigenvalue weighted by atomic mass is 32.2. The zero-order chi connectivity index (χ0) is 18.9. The second kappa shape index (κ2) is 6.77. The van der Waals surface area contributed by atoms with Crippen LogP contribution in [0.5, 0.6) is 5.75 Å². The first-order valence-corrected chi connectivity index (χ1v) is 9.40. The van der Waals surface area contributed by atoms with Gasteiger partial charge in [-0.15, -0.1) is 0 Å². The van der Waals surface area contributed by atoms with E-state index in [1.807, 2.05) is 6.92 Å². The van der Waals surface area contributed by atoms with E-state index in [-0.39, 0.29) is 10.8 Å². The normalized spacial score (nSPS) is 11.5. The summed E-state index contributed by atoms with van der Waals surface area (Å²) < 4.78 is 29.8. The molecule has 1 amide bonds. The van der Waals surface area contributed by atoms with Crippen LogP contribution in [0.4, 0.5) is 5.69 Å². The summed E-state index contributed by atoms with van der Waals surface area (Å²) in [6, 6.07) is 9.18. The topological polar surface area (TPSA) is 116 Å². The van der Waals surface area contributed by atoms with E-state index in [9.17, 15) is 13.2 Å². The van der Waals surface area contributed by atoms with E-state index < -0.39 is 10.0 Å². The van der Waals surface area contributed by atoms with E-state index >= 15 is 0 Å². The molecule has 0 atom stereocenters. The van der Waals surface area contributed by atoms with Gasteiger partial charge in [-0.05, 0) is 50.2 Å². The zero-order valence-corrected chi connectivity index (χ0v) is 15.1. The van der Waals surface area contributed by atoms with Crippen LogP contribution < -0.4 is 15.2 Å². The predicted molar refractivity (Wildman–Crippen MR) is 96.9 cm³/mol. The fourth-order valence-corrected chi connectivity index (χ4v) is 3.13. The number of ether oxygens (including phenoxy) is 1. The van der Waals surface area contributed by atoms with Crippen LogP contribution >= 0.6 is 0 Å². The Morgan fingerprint density at radius 1 is 1.27 bits per heavy atom. The molecule has 0 spiro atoms. The van der Waals surface area contributed by atoms with Crippen molar-refractivity contribution in [1.29, 1.82) is 0 Å². The molecule has 3 rings (SSSR count). The molecule has 3 aromatic rings.